The van der Waals surface area contributed by atoms with E-state index < -0.39 is 10.8 Å². The Morgan fingerprint density at radius 1 is 1.47 bits per heavy atom. The Kier molecular flexibility index (Phi) is 5.09. The van der Waals surface area contributed by atoms with Crippen molar-refractivity contribution in [1.29, 1.82) is 0 Å². The van der Waals surface area contributed by atoms with E-state index in [1.54, 1.807) is 32.5 Å². The van der Waals surface area contributed by atoms with Crippen LogP contribution < -0.4 is 5.32 Å². The van der Waals surface area contributed by atoms with Gasteiger partial charge in [-0.3, -0.25) is 9.00 Å². The maximum atomic E-state index is 11.6. The minimum Gasteiger partial charge on any atom is -0.369 e. The number of hydrogen-bond acceptors (Lipinski definition) is 4. The molecule has 1 unspecified atom stereocenters. The lowest BCUT2D eigenvalue weighted by atomic mass is 10.2. The molecule has 0 saturated carbocycles. The number of hydrogen-bond donors (Lipinski definition) is 1. The number of carbonyl (C=O) groups is 1. The maximum absolute atomic E-state index is 11.6. The number of nitrogens with one attached hydrogen (secondary N) is 1. The Labute approximate surface area is 104 Å². The van der Waals surface area contributed by atoms with E-state index in [9.17, 15) is 9.00 Å². The van der Waals surface area contributed by atoms with Crippen LogP contribution in [0.25, 0.3) is 0 Å². The fourth-order valence-corrected chi connectivity index (χ4v) is 1.60. The largest absolute Gasteiger partial charge is 0.369 e. The minimum atomic E-state index is -0.808. The first-order chi connectivity index (χ1) is 8.00. The summed E-state index contributed by atoms with van der Waals surface area (Å²) >= 11 is 0. The highest BCUT2D eigenvalue weighted by Crippen LogP contribution is 2.06. The van der Waals surface area contributed by atoms with Crippen LogP contribution in [0.2, 0.25) is 0 Å². The number of pyridine rings is 1. The molecule has 1 N–H and O–H groups in total. The molecule has 94 valence electrons. The summed E-state index contributed by atoms with van der Waals surface area (Å²) in [4.78, 5) is 17.2. The van der Waals surface area contributed by atoms with E-state index in [2.05, 4.69) is 10.3 Å². The minimum absolute atomic E-state index is 0.0706. The molecule has 1 amide bonds. The molecule has 0 spiro atoms. The highest BCUT2D eigenvalue weighted by atomic mass is 32.2. The summed E-state index contributed by atoms with van der Waals surface area (Å²) in [6.07, 6.45) is 3.20. The van der Waals surface area contributed by atoms with Crippen LogP contribution in [0.1, 0.15) is 10.4 Å². The molecule has 0 aliphatic rings. The first-order valence-electron chi connectivity index (χ1n) is 5.22. The van der Waals surface area contributed by atoms with E-state index in [4.69, 9.17) is 0 Å². The van der Waals surface area contributed by atoms with Gasteiger partial charge in [0.2, 0.25) is 0 Å². The van der Waals surface area contributed by atoms with E-state index in [-0.39, 0.29) is 5.91 Å². The van der Waals surface area contributed by atoms with Crippen LogP contribution in [-0.4, -0.2) is 52.6 Å². The first-order valence-corrected chi connectivity index (χ1v) is 6.95. The summed E-state index contributed by atoms with van der Waals surface area (Å²) in [5, 5.41) is 3.04. The predicted octanol–water partition coefficient (Wildman–Crippen LogP) is 0.574. The van der Waals surface area contributed by atoms with E-state index in [1.807, 2.05) is 0 Å². The molecule has 1 atom stereocenters. The van der Waals surface area contributed by atoms with Crippen LogP contribution in [0.4, 0.5) is 5.82 Å². The van der Waals surface area contributed by atoms with Crippen molar-refractivity contribution in [2.24, 2.45) is 0 Å². The Balaban J connectivity index is 2.56. The molecule has 17 heavy (non-hydrogen) atoms. The Hall–Kier alpha value is -1.43. The molecule has 0 fully saturated rings. The van der Waals surface area contributed by atoms with Gasteiger partial charge in [0, 0.05) is 49.6 Å². The van der Waals surface area contributed by atoms with Gasteiger partial charge in [-0.15, -0.1) is 0 Å². The summed E-state index contributed by atoms with van der Waals surface area (Å²) in [5.41, 5.74) is 0.555. The quantitative estimate of drug-likeness (QED) is 0.835. The van der Waals surface area contributed by atoms with Gasteiger partial charge in [0.15, 0.2) is 0 Å². The van der Waals surface area contributed by atoms with Crippen molar-refractivity contribution in [3.63, 3.8) is 0 Å². The van der Waals surface area contributed by atoms with Gasteiger partial charge in [0.05, 0.1) is 5.56 Å². The van der Waals surface area contributed by atoms with Crippen molar-refractivity contribution in [3.05, 3.63) is 23.9 Å². The lowest BCUT2D eigenvalue weighted by Gasteiger charge is -2.10. The summed E-state index contributed by atoms with van der Waals surface area (Å²) in [7, 11) is 2.59. The zero-order valence-corrected chi connectivity index (χ0v) is 11.1. The van der Waals surface area contributed by atoms with Gasteiger partial charge in [-0.2, -0.15) is 0 Å². The third-order valence-corrected chi connectivity index (χ3v) is 2.89. The maximum Gasteiger partial charge on any atom is 0.254 e. The van der Waals surface area contributed by atoms with Crippen LogP contribution >= 0.6 is 0 Å². The molecule has 6 heteroatoms. The number of anilines is 1. The molecule has 1 aromatic rings. The standard InChI is InChI=1S/C11H17N3O2S/c1-14(2)11(15)9-4-5-10(13-8-9)12-6-7-17(3)16/h4-5,8H,6-7H2,1-3H3,(H,12,13). The van der Waals surface area contributed by atoms with Gasteiger partial charge in [-0.25, -0.2) is 4.98 Å². The molecule has 0 aromatic carbocycles. The van der Waals surface area contributed by atoms with Gasteiger partial charge in [0.25, 0.3) is 5.91 Å². The smallest absolute Gasteiger partial charge is 0.254 e. The van der Waals surface area contributed by atoms with Crippen LogP contribution in [-0.2, 0) is 10.8 Å². The van der Waals surface area contributed by atoms with Crippen molar-refractivity contribution in [3.8, 4) is 0 Å². The third kappa shape index (κ3) is 4.52. The highest BCUT2D eigenvalue weighted by molar-refractivity contribution is 7.84. The van der Waals surface area contributed by atoms with Crippen molar-refractivity contribution >= 4 is 22.5 Å². The van der Waals surface area contributed by atoms with E-state index in [0.717, 1.165) is 0 Å². The third-order valence-electron chi connectivity index (χ3n) is 2.11. The summed E-state index contributed by atoms with van der Waals surface area (Å²) in [6.45, 7) is 0.608. The molecule has 0 saturated heterocycles. The van der Waals surface area contributed by atoms with Crippen molar-refractivity contribution in [2.75, 3.05) is 38.0 Å². The van der Waals surface area contributed by atoms with Gasteiger partial charge in [0.1, 0.15) is 5.82 Å². The van der Waals surface area contributed by atoms with Gasteiger partial charge in [-0.05, 0) is 12.1 Å². The monoisotopic (exact) mass is 255 g/mol. The van der Waals surface area contributed by atoms with Gasteiger partial charge >= 0.3 is 0 Å². The fourth-order valence-electron chi connectivity index (χ4n) is 1.21. The topological polar surface area (TPSA) is 62.3 Å². The molecule has 1 aromatic heterocycles. The summed E-state index contributed by atoms with van der Waals surface area (Å²) in [5.74, 6) is 1.20. The van der Waals surface area contributed by atoms with Crippen LogP contribution in [0, 0.1) is 0 Å². The van der Waals surface area contributed by atoms with E-state index in [0.29, 0.717) is 23.7 Å². The number of aromatic nitrogens is 1. The molecular formula is C11H17N3O2S. The second-order valence-corrected chi connectivity index (χ2v) is 5.39. The lowest BCUT2D eigenvalue weighted by molar-refractivity contribution is 0.0827. The molecule has 0 aliphatic carbocycles. The number of rotatable bonds is 5. The second kappa shape index (κ2) is 6.34. The Morgan fingerprint density at radius 2 is 2.18 bits per heavy atom. The molecule has 0 bridgehead atoms. The molecule has 0 aliphatic heterocycles. The Morgan fingerprint density at radius 3 is 2.65 bits per heavy atom. The molecule has 5 nitrogen and oxygen atoms in total. The average Bonchev–Trinajstić information content (AvgIpc) is 2.28. The van der Waals surface area contributed by atoms with Crippen molar-refractivity contribution in [2.45, 2.75) is 0 Å². The lowest BCUT2D eigenvalue weighted by Crippen LogP contribution is -2.21. The van der Waals surface area contributed by atoms with Gasteiger partial charge in [-0.1, -0.05) is 0 Å². The molecule has 1 heterocycles. The zero-order chi connectivity index (χ0) is 12.8. The second-order valence-electron chi connectivity index (χ2n) is 3.84. The molecule has 1 rings (SSSR count). The SMILES string of the molecule is CN(C)C(=O)c1ccc(NCCS(C)=O)nc1. The van der Waals surface area contributed by atoms with Crippen molar-refractivity contribution in [1.82, 2.24) is 9.88 Å². The fraction of sp³-hybridized carbons (Fsp3) is 0.455. The molecular weight excluding hydrogens is 238 g/mol. The van der Waals surface area contributed by atoms with E-state index in [1.165, 1.54) is 11.1 Å². The summed E-state index contributed by atoms with van der Waals surface area (Å²) in [6, 6.07) is 3.47. The zero-order valence-electron chi connectivity index (χ0n) is 10.3. The number of carbonyl (C=O) groups excluding carboxylic acids is 1. The van der Waals surface area contributed by atoms with Crippen molar-refractivity contribution < 1.29 is 9.00 Å². The normalized spacial score (nSPS) is 11.9. The summed E-state index contributed by atoms with van der Waals surface area (Å²) < 4.78 is 10.9. The van der Waals surface area contributed by atoms with E-state index >= 15 is 0 Å². The van der Waals surface area contributed by atoms with Crippen LogP contribution in [0.15, 0.2) is 18.3 Å². The Bertz CT molecular complexity index is 404. The number of amides is 1. The first kappa shape index (κ1) is 13.6. The molecule has 0 radical (unpaired) electrons. The highest BCUT2D eigenvalue weighted by Gasteiger charge is 2.07. The van der Waals surface area contributed by atoms with Crippen LogP contribution in [0.5, 0.6) is 0 Å². The number of nitrogens with zero attached hydrogens (tertiary/aromatic N) is 2. The predicted molar refractivity (Wildman–Crippen MR) is 69.7 cm³/mol. The average molecular weight is 255 g/mol. The van der Waals surface area contributed by atoms with Crippen LogP contribution in [0.3, 0.4) is 0 Å². The van der Waals surface area contributed by atoms with Gasteiger partial charge < -0.3 is 10.2 Å².